The summed E-state index contributed by atoms with van der Waals surface area (Å²) in [6.07, 6.45) is 6.81. The molecule has 0 unspecified atom stereocenters. The Morgan fingerprint density at radius 1 is 0.432 bits per heavy atom. The standard InChI is InChI=1S/C67H41N5OS/c1-2-20-46-40(15-1)34-36-58-62(46)55-28-13-25-47(41-16-11-17-42(37-41)48-26-14-27-54-53-24-6-10-32-61(53)74-64(48)54)63(55)71(58)45-19-12-18-43(38-45)65-68-66(44-33-35-52-51-23-5-9-31-59(51)73-60(52)39-44)70-67(69-65)72-56-29-7-3-21-49(56)50-22-4-8-30-57(50)72/h1-5,7-23,25-39H,6,24H2. The number of aromatic nitrogens is 5. The maximum Gasteiger partial charge on any atom is 0.238 e. The third-order valence-corrected chi connectivity index (χ3v) is 16.5. The lowest BCUT2D eigenvalue weighted by Crippen LogP contribution is -2.06. The average Bonchev–Trinajstić information content (AvgIpc) is 4.23. The Morgan fingerprint density at radius 2 is 1.08 bits per heavy atom. The van der Waals surface area contributed by atoms with E-state index in [1.807, 2.05) is 29.5 Å². The first-order valence-corrected chi connectivity index (χ1v) is 26.0. The molecule has 74 heavy (non-hydrogen) atoms. The molecule has 1 aliphatic carbocycles. The van der Waals surface area contributed by atoms with Crippen LogP contribution in [0.5, 0.6) is 0 Å². The van der Waals surface area contributed by atoms with Crippen molar-refractivity contribution in [2.45, 2.75) is 12.8 Å². The van der Waals surface area contributed by atoms with Crippen LogP contribution in [0.4, 0.5) is 0 Å². The number of furan rings is 1. The Labute approximate surface area is 428 Å². The Morgan fingerprint density at radius 3 is 1.92 bits per heavy atom. The molecule has 15 aromatic rings. The number of aryl methyl sites for hydroxylation is 1. The molecule has 346 valence electrons. The minimum absolute atomic E-state index is 0.540. The minimum atomic E-state index is 0.540. The van der Waals surface area contributed by atoms with Crippen LogP contribution in [0.15, 0.2) is 223 Å². The second-order valence-electron chi connectivity index (χ2n) is 19.4. The summed E-state index contributed by atoms with van der Waals surface area (Å²) in [6.45, 7) is 0. The summed E-state index contributed by atoms with van der Waals surface area (Å²) >= 11 is 1.92. The molecule has 0 radical (unpaired) electrons. The summed E-state index contributed by atoms with van der Waals surface area (Å²) in [5.41, 5.74) is 15.0. The van der Waals surface area contributed by atoms with Gasteiger partial charge in [0.1, 0.15) is 11.2 Å². The van der Waals surface area contributed by atoms with Gasteiger partial charge in [-0.3, -0.25) is 4.57 Å². The molecular weight excluding hydrogens is 923 g/mol. The molecule has 16 rings (SSSR count). The van der Waals surface area contributed by atoms with Crippen LogP contribution in [0.25, 0.3) is 149 Å². The van der Waals surface area contributed by atoms with Crippen LogP contribution in [-0.2, 0) is 6.42 Å². The van der Waals surface area contributed by atoms with Gasteiger partial charge in [-0.2, -0.15) is 9.97 Å². The maximum absolute atomic E-state index is 6.42. The number of rotatable bonds is 6. The smallest absolute Gasteiger partial charge is 0.238 e. The summed E-state index contributed by atoms with van der Waals surface area (Å²) in [6, 6.07) is 76.2. The number of para-hydroxylation sites is 4. The predicted octanol–water partition coefficient (Wildman–Crippen LogP) is 18.0. The van der Waals surface area contributed by atoms with Gasteiger partial charge in [-0.15, -0.1) is 11.3 Å². The lowest BCUT2D eigenvalue weighted by Gasteiger charge is -2.14. The van der Waals surface area contributed by atoms with E-state index in [0.29, 0.717) is 17.6 Å². The fourth-order valence-electron chi connectivity index (χ4n) is 11.9. The van der Waals surface area contributed by atoms with Crippen molar-refractivity contribution in [3.05, 3.63) is 229 Å². The van der Waals surface area contributed by atoms with Gasteiger partial charge in [0.25, 0.3) is 0 Å². The molecule has 0 bridgehead atoms. The highest BCUT2D eigenvalue weighted by Crippen LogP contribution is 2.45. The van der Waals surface area contributed by atoms with E-state index in [9.17, 15) is 0 Å². The second-order valence-corrected chi connectivity index (χ2v) is 20.4. The SMILES string of the molecule is C1=Cc2sc3c(-c4cccc(-c5cccc6c7c8ccccc8ccc7n(-c7cccc(-c8nc(-c9ccc%10c(c9)oc9ccccc9%10)nc(-n9c%10ccccc%10c%10ccccc%109)n8)c7)c56)c4)cccc3c2CC1. The molecule has 1 aliphatic rings. The Hall–Kier alpha value is -9.43. The molecule has 0 atom stereocenters. The van der Waals surface area contributed by atoms with Gasteiger partial charge in [0, 0.05) is 64.3 Å². The van der Waals surface area contributed by atoms with Gasteiger partial charge in [-0.25, -0.2) is 4.98 Å². The average molecular weight is 964 g/mol. The fourth-order valence-corrected chi connectivity index (χ4v) is 13.2. The van der Waals surface area contributed by atoms with Gasteiger partial charge in [0.05, 0.1) is 22.1 Å². The van der Waals surface area contributed by atoms with Crippen molar-refractivity contribution in [3.8, 4) is 56.7 Å². The van der Waals surface area contributed by atoms with Crippen molar-refractivity contribution in [2.24, 2.45) is 0 Å². The van der Waals surface area contributed by atoms with Crippen LogP contribution < -0.4 is 0 Å². The van der Waals surface area contributed by atoms with E-state index < -0.39 is 0 Å². The van der Waals surface area contributed by atoms with Gasteiger partial charge in [-0.1, -0.05) is 164 Å². The maximum atomic E-state index is 6.42. The van der Waals surface area contributed by atoms with Crippen LogP contribution in [0, 0.1) is 0 Å². The highest BCUT2D eigenvalue weighted by atomic mass is 32.1. The Balaban J connectivity index is 0.917. The van der Waals surface area contributed by atoms with E-state index in [0.717, 1.165) is 95.6 Å². The first-order valence-electron chi connectivity index (χ1n) is 25.2. The van der Waals surface area contributed by atoms with Crippen LogP contribution >= 0.6 is 11.3 Å². The van der Waals surface area contributed by atoms with Crippen molar-refractivity contribution in [3.63, 3.8) is 0 Å². The molecule has 0 amide bonds. The molecule has 0 saturated heterocycles. The zero-order valence-corrected chi connectivity index (χ0v) is 40.6. The van der Waals surface area contributed by atoms with Crippen molar-refractivity contribution in [1.82, 2.24) is 24.1 Å². The normalized spacial score (nSPS) is 12.7. The fraction of sp³-hybridized carbons (Fsp3) is 0.0299. The van der Waals surface area contributed by atoms with Crippen molar-refractivity contribution in [1.29, 1.82) is 0 Å². The predicted molar refractivity (Wildman–Crippen MR) is 308 cm³/mol. The summed E-state index contributed by atoms with van der Waals surface area (Å²) in [5.74, 6) is 1.66. The summed E-state index contributed by atoms with van der Waals surface area (Å²) in [4.78, 5) is 17.5. The van der Waals surface area contributed by atoms with Crippen LogP contribution in [-0.4, -0.2) is 24.1 Å². The summed E-state index contributed by atoms with van der Waals surface area (Å²) < 4.78 is 12.4. The number of benzene rings is 10. The van der Waals surface area contributed by atoms with E-state index in [1.165, 1.54) is 53.2 Å². The van der Waals surface area contributed by atoms with E-state index in [1.54, 1.807) is 0 Å². The molecule has 0 saturated carbocycles. The molecule has 6 nitrogen and oxygen atoms in total. The van der Waals surface area contributed by atoms with Crippen LogP contribution in [0.2, 0.25) is 0 Å². The number of nitrogens with zero attached hydrogens (tertiary/aromatic N) is 5. The lowest BCUT2D eigenvalue weighted by molar-refractivity contribution is 0.669. The molecule has 0 aliphatic heterocycles. The van der Waals surface area contributed by atoms with Gasteiger partial charge >= 0.3 is 0 Å². The van der Waals surface area contributed by atoms with Crippen molar-refractivity contribution in [2.75, 3.05) is 0 Å². The molecule has 0 spiro atoms. The van der Waals surface area contributed by atoms with E-state index in [2.05, 4.69) is 215 Å². The third-order valence-electron chi connectivity index (χ3n) is 15.2. The van der Waals surface area contributed by atoms with Gasteiger partial charge in [-0.05, 0) is 112 Å². The van der Waals surface area contributed by atoms with E-state index in [4.69, 9.17) is 19.4 Å². The Kier molecular flexibility index (Phi) is 8.93. The van der Waals surface area contributed by atoms with E-state index in [-0.39, 0.29) is 0 Å². The second kappa shape index (κ2) is 16.0. The third kappa shape index (κ3) is 6.20. The first kappa shape index (κ1) is 41.2. The molecule has 5 aromatic heterocycles. The van der Waals surface area contributed by atoms with Crippen LogP contribution in [0.1, 0.15) is 16.9 Å². The quantitative estimate of drug-likeness (QED) is 0.167. The first-order chi connectivity index (χ1) is 36.7. The van der Waals surface area contributed by atoms with Crippen LogP contribution in [0.3, 0.4) is 0 Å². The minimum Gasteiger partial charge on any atom is -0.456 e. The number of allylic oxidation sites excluding steroid dienone is 1. The molecular formula is C67H41N5OS. The van der Waals surface area contributed by atoms with Crippen molar-refractivity contribution < 1.29 is 4.42 Å². The van der Waals surface area contributed by atoms with Gasteiger partial charge in [0.2, 0.25) is 5.95 Å². The zero-order valence-electron chi connectivity index (χ0n) is 39.8. The monoisotopic (exact) mass is 963 g/mol. The zero-order chi connectivity index (χ0) is 48.4. The van der Waals surface area contributed by atoms with E-state index >= 15 is 0 Å². The number of fused-ring (bicyclic) bond motifs is 14. The number of thiophene rings is 1. The molecule has 5 heterocycles. The number of hydrogen-bond acceptors (Lipinski definition) is 5. The summed E-state index contributed by atoms with van der Waals surface area (Å²) in [5, 5.41) is 10.6. The Bertz CT molecular complexity index is 4820. The lowest BCUT2D eigenvalue weighted by atomic mass is 9.95. The molecule has 10 aromatic carbocycles. The largest absolute Gasteiger partial charge is 0.456 e. The molecule has 0 fully saturated rings. The highest BCUT2D eigenvalue weighted by molar-refractivity contribution is 7.20. The van der Waals surface area contributed by atoms with Gasteiger partial charge < -0.3 is 8.98 Å². The highest BCUT2D eigenvalue weighted by Gasteiger charge is 2.23. The van der Waals surface area contributed by atoms with Crippen molar-refractivity contribution >= 4 is 104 Å². The molecule has 0 N–H and O–H groups in total. The topological polar surface area (TPSA) is 61.7 Å². The van der Waals surface area contributed by atoms with Gasteiger partial charge in [0.15, 0.2) is 11.6 Å². The number of hydrogen-bond donors (Lipinski definition) is 0. The summed E-state index contributed by atoms with van der Waals surface area (Å²) in [7, 11) is 0. The molecule has 7 heteroatoms.